The highest BCUT2D eigenvalue weighted by Crippen LogP contribution is 2.34. The average Bonchev–Trinajstić information content (AvgIpc) is 2.79. The maximum absolute atomic E-state index is 12.7. The summed E-state index contributed by atoms with van der Waals surface area (Å²) in [4.78, 5) is 9.27. The van der Waals surface area contributed by atoms with Gasteiger partial charge in [-0.2, -0.15) is 0 Å². The van der Waals surface area contributed by atoms with Gasteiger partial charge in [-0.15, -0.1) is 0 Å². The van der Waals surface area contributed by atoms with Gasteiger partial charge in [-0.05, 0) is 41.8 Å². The highest BCUT2D eigenvalue weighted by molar-refractivity contribution is 7.86. The van der Waals surface area contributed by atoms with Crippen molar-refractivity contribution in [2.24, 2.45) is 0 Å². The first-order chi connectivity index (χ1) is 14.7. The Morgan fingerprint density at radius 3 is 2.70 bits per heavy atom. The van der Waals surface area contributed by atoms with Gasteiger partial charge in [-0.1, -0.05) is 35.9 Å². The molecule has 0 fully saturated rings. The van der Waals surface area contributed by atoms with Gasteiger partial charge in [0.1, 0.15) is 5.82 Å². The number of aliphatic hydroxyl groups excluding tert-OH is 1. The first-order valence-electron chi connectivity index (χ1n) is 9.28. The first-order valence-corrected chi connectivity index (χ1v) is 10.8. The molecule has 0 saturated carbocycles. The molecular formula is C22H19ClN4O2S. The maximum Gasteiger partial charge on any atom is 0.151 e. The monoisotopic (exact) mass is 438 g/mol. The van der Waals surface area contributed by atoms with Crippen LogP contribution in [0, 0.1) is 0 Å². The Kier molecular flexibility index (Phi) is 6.23. The fourth-order valence-electron chi connectivity index (χ4n) is 3.05. The topological polar surface area (TPSA) is 87.1 Å². The van der Waals surface area contributed by atoms with E-state index in [9.17, 15) is 4.21 Å². The lowest BCUT2D eigenvalue weighted by molar-refractivity contribution is 0.311. The molecule has 0 saturated heterocycles. The van der Waals surface area contributed by atoms with Crippen LogP contribution in [0.25, 0.3) is 22.0 Å². The molecule has 2 aromatic carbocycles. The van der Waals surface area contributed by atoms with Crippen LogP contribution >= 0.6 is 11.6 Å². The summed E-state index contributed by atoms with van der Waals surface area (Å²) in [5.74, 6) is 0.612. The lowest BCUT2D eigenvalue weighted by Crippen LogP contribution is -2.08. The molecule has 3 N–H and O–H groups in total. The van der Waals surface area contributed by atoms with Crippen LogP contribution in [-0.4, -0.2) is 32.4 Å². The minimum Gasteiger partial charge on any atom is -0.395 e. The van der Waals surface area contributed by atoms with Gasteiger partial charge in [0, 0.05) is 35.6 Å². The molecule has 0 aliphatic carbocycles. The number of nitrogens with one attached hydrogen (secondary N) is 2. The molecule has 4 aromatic rings. The number of benzene rings is 2. The van der Waals surface area contributed by atoms with Crippen LogP contribution < -0.4 is 10.0 Å². The van der Waals surface area contributed by atoms with Crippen molar-refractivity contribution < 1.29 is 9.32 Å². The minimum absolute atomic E-state index is 0.0153. The van der Waals surface area contributed by atoms with Crippen LogP contribution in [0.5, 0.6) is 0 Å². The van der Waals surface area contributed by atoms with Gasteiger partial charge in [-0.3, -0.25) is 4.98 Å². The summed E-state index contributed by atoms with van der Waals surface area (Å²) >= 11 is 6.47. The minimum atomic E-state index is -1.50. The van der Waals surface area contributed by atoms with Gasteiger partial charge in [-0.25, -0.2) is 9.19 Å². The Bertz CT molecular complexity index is 1200. The van der Waals surface area contributed by atoms with E-state index in [2.05, 4.69) is 20.0 Å². The lowest BCUT2D eigenvalue weighted by Gasteiger charge is -2.11. The molecule has 0 aliphatic rings. The molecule has 0 spiro atoms. The number of fused-ring (bicyclic) bond motifs is 1. The van der Waals surface area contributed by atoms with Crippen LogP contribution in [0.3, 0.4) is 0 Å². The highest BCUT2D eigenvalue weighted by atomic mass is 35.5. The van der Waals surface area contributed by atoms with E-state index in [0.29, 0.717) is 28.0 Å². The zero-order valence-corrected chi connectivity index (χ0v) is 17.5. The summed E-state index contributed by atoms with van der Waals surface area (Å²) in [6.07, 6.45) is 3.29. The number of nitrogens with zero attached hydrogens (tertiary/aromatic N) is 2. The van der Waals surface area contributed by atoms with E-state index in [-0.39, 0.29) is 6.61 Å². The number of halogens is 1. The van der Waals surface area contributed by atoms with Gasteiger partial charge < -0.3 is 15.1 Å². The molecule has 6 nitrogen and oxygen atoms in total. The van der Waals surface area contributed by atoms with Crippen molar-refractivity contribution >= 4 is 44.9 Å². The van der Waals surface area contributed by atoms with Crippen LogP contribution in [0.2, 0.25) is 5.02 Å². The predicted molar refractivity (Wildman–Crippen MR) is 122 cm³/mol. The number of anilines is 2. The van der Waals surface area contributed by atoms with Gasteiger partial charge in [0.15, 0.2) is 11.0 Å². The largest absolute Gasteiger partial charge is 0.395 e. The van der Waals surface area contributed by atoms with Crippen molar-refractivity contribution in [1.82, 2.24) is 9.97 Å². The predicted octanol–water partition coefficient (Wildman–Crippen LogP) is 4.49. The van der Waals surface area contributed by atoms with Crippen molar-refractivity contribution in [1.29, 1.82) is 0 Å². The second kappa shape index (κ2) is 9.21. The molecule has 152 valence electrons. The molecule has 1 unspecified atom stereocenters. The van der Waals surface area contributed by atoms with E-state index < -0.39 is 11.0 Å². The van der Waals surface area contributed by atoms with Crippen LogP contribution in [-0.2, 0) is 11.0 Å². The van der Waals surface area contributed by atoms with E-state index in [1.54, 1.807) is 30.5 Å². The van der Waals surface area contributed by atoms with E-state index in [1.165, 1.54) is 6.20 Å². The molecule has 2 heterocycles. The zero-order valence-electron chi connectivity index (χ0n) is 15.9. The molecular weight excluding hydrogens is 420 g/mol. The second-order valence-electron chi connectivity index (χ2n) is 6.48. The fraction of sp³-hybridized carbons (Fsp3) is 0.0909. The summed E-state index contributed by atoms with van der Waals surface area (Å²) in [7, 11) is -1.50. The number of pyridine rings is 2. The summed E-state index contributed by atoms with van der Waals surface area (Å²) in [5, 5.41) is 14.4. The number of aliphatic hydroxyl groups is 1. The number of hydrogen-bond donors (Lipinski definition) is 3. The fourth-order valence-corrected chi connectivity index (χ4v) is 4.06. The number of rotatable bonds is 7. The van der Waals surface area contributed by atoms with Gasteiger partial charge in [0.05, 0.1) is 22.2 Å². The van der Waals surface area contributed by atoms with Crippen LogP contribution in [0.1, 0.15) is 0 Å². The van der Waals surface area contributed by atoms with Crippen LogP contribution in [0.4, 0.5) is 11.5 Å². The molecule has 0 bridgehead atoms. The Labute approximate surface area is 181 Å². The molecule has 30 heavy (non-hydrogen) atoms. The van der Waals surface area contributed by atoms with E-state index in [4.69, 9.17) is 16.7 Å². The third-order valence-corrected chi connectivity index (χ3v) is 5.89. The Morgan fingerprint density at radius 1 is 1.03 bits per heavy atom. The Balaban J connectivity index is 1.60. The Hall–Kier alpha value is -3.00. The molecule has 8 heteroatoms. The molecule has 0 amide bonds. The van der Waals surface area contributed by atoms with E-state index in [0.717, 1.165) is 22.0 Å². The van der Waals surface area contributed by atoms with E-state index >= 15 is 0 Å². The summed E-state index contributed by atoms with van der Waals surface area (Å²) < 4.78 is 15.7. The first kappa shape index (κ1) is 20.3. The summed E-state index contributed by atoms with van der Waals surface area (Å²) in [6, 6.07) is 18.8. The Morgan fingerprint density at radius 2 is 1.90 bits per heavy atom. The van der Waals surface area contributed by atoms with Gasteiger partial charge in [0.2, 0.25) is 0 Å². The van der Waals surface area contributed by atoms with E-state index in [1.807, 2.05) is 36.4 Å². The smallest absolute Gasteiger partial charge is 0.151 e. The SMILES string of the molecule is O=S(Nc1ccc(Cl)c(-c2nccc3ccccc23)c1)c1ccc(NCCO)nc1. The van der Waals surface area contributed by atoms with Gasteiger partial charge in [0.25, 0.3) is 0 Å². The quantitative estimate of drug-likeness (QED) is 0.395. The molecule has 0 radical (unpaired) electrons. The maximum atomic E-state index is 12.7. The number of hydrogen-bond acceptors (Lipinski definition) is 5. The second-order valence-corrected chi connectivity index (χ2v) is 8.10. The third kappa shape index (κ3) is 4.43. The lowest BCUT2D eigenvalue weighted by atomic mass is 10.0. The molecule has 2 aromatic heterocycles. The summed E-state index contributed by atoms with van der Waals surface area (Å²) in [6.45, 7) is 0.421. The highest BCUT2D eigenvalue weighted by Gasteiger charge is 2.12. The van der Waals surface area contributed by atoms with Crippen molar-refractivity contribution in [2.75, 3.05) is 23.2 Å². The number of aromatic nitrogens is 2. The zero-order chi connectivity index (χ0) is 20.9. The van der Waals surface area contributed by atoms with Crippen molar-refractivity contribution in [3.63, 3.8) is 0 Å². The van der Waals surface area contributed by atoms with Gasteiger partial charge >= 0.3 is 0 Å². The average molecular weight is 439 g/mol. The normalized spacial score (nSPS) is 11.9. The van der Waals surface area contributed by atoms with Crippen molar-refractivity contribution in [3.8, 4) is 11.3 Å². The van der Waals surface area contributed by atoms with Crippen LogP contribution in [0.15, 0.2) is 78.0 Å². The van der Waals surface area contributed by atoms with Crippen molar-refractivity contribution in [3.05, 3.63) is 78.1 Å². The molecule has 0 aliphatic heterocycles. The van der Waals surface area contributed by atoms with Crippen molar-refractivity contribution in [2.45, 2.75) is 4.90 Å². The summed E-state index contributed by atoms with van der Waals surface area (Å²) in [5.41, 5.74) is 2.19. The molecule has 1 atom stereocenters. The third-order valence-electron chi connectivity index (χ3n) is 4.47. The standard InChI is InChI=1S/C22H19ClN4O2S/c23-20-7-5-16(27-30(29)17-6-8-21(26-14-17)24-11-12-28)13-19(20)22-18-4-2-1-3-15(18)9-10-25-22/h1-10,13-14,27-28H,11-12H2,(H,24,26). The molecule has 4 rings (SSSR count).